The molecule has 0 atom stereocenters. The van der Waals surface area contributed by atoms with E-state index in [0.717, 1.165) is 19.3 Å². The lowest BCUT2D eigenvalue weighted by atomic mass is 9.86. The van der Waals surface area contributed by atoms with Gasteiger partial charge in [0.15, 0.2) is 0 Å². The molecule has 1 heteroatoms. The summed E-state index contributed by atoms with van der Waals surface area (Å²) in [5.74, 6) is 0.537. The van der Waals surface area contributed by atoms with E-state index in [4.69, 9.17) is 0 Å². The van der Waals surface area contributed by atoms with Crippen LogP contribution in [-0.2, 0) is 25.7 Å². The molecule has 0 spiro atoms. The maximum absolute atomic E-state index is 10.4. The molecule has 0 aliphatic heterocycles. The van der Waals surface area contributed by atoms with Crippen LogP contribution in [0.3, 0.4) is 0 Å². The smallest absolute Gasteiger partial charge is 0.119 e. The third-order valence-electron chi connectivity index (χ3n) is 4.45. The molecule has 1 rings (SSSR count). The van der Waals surface area contributed by atoms with Gasteiger partial charge in [0.2, 0.25) is 0 Å². The van der Waals surface area contributed by atoms with Gasteiger partial charge in [-0.15, -0.1) is 0 Å². The molecule has 0 amide bonds. The highest BCUT2D eigenvalue weighted by Crippen LogP contribution is 2.32. The highest BCUT2D eigenvalue weighted by atomic mass is 16.3. The van der Waals surface area contributed by atoms with Crippen molar-refractivity contribution in [3.05, 3.63) is 28.3 Å². The summed E-state index contributed by atoms with van der Waals surface area (Å²) in [6.07, 6.45) is 11.7. The summed E-state index contributed by atoms with van der Waals surface area (Å²) in [5.41, 5.74) is 5.65. The molecule has 1 N–H and O–H groups in total. The van der Waals surface area contributed by atoms with E-state index in [9.17, 15) is 5.11 Å². The van der Waals surface area contributed by atoms with Gasteiger partial charge in [0.05, 0.1) is 0 Å². The number of benzene rings is 1. The monoisotopic (exact) mass is 290 g/mol. The summed E-state index contributed by atoms with van der Waals surface area (Å²) in [6.45, 7) is 8.92. The fourth-order valence-electron chi connectivity index (χ4n) is 3.17. The molecule has 0 heterocycles. The summed E-state index contributed by atoms with van der Waals surface area (Å²) in [4.78, 5) is 0. The maximum atomic E-state index is 10.4. The SMILES string of the molecule is CCCCc1cc(O)c(CC)c(CCCC)c1CCCC. The molecule has 0 saturated heterocycles. The van der Waals surface area contributed by atoms with E-state index in [1.165, 1.54) is 61.6 Å². The van der Waals surface area contributed by atoms with Crippen molar-refractivity contribution in [1.82, 2.24) is 0 Å². The first-order valence-electron chi connectivity index (χ1n) is 9.04. The number of rotatable bonds is 10. The molecule has 21 heavy (non-hydrogen) atoms. The van der Waals surface area contributed by atoms with E-state index in [0.29, 0.717) is 5.75 Å². The minimum Gasteiger partial charge on any atom is -0.508 e. The molecule has 0 aliphatic rings. The molecule has 120 valence electrons. The quantitative estimate of drug-likeness (QED) is 0.561. The zero-order valence-corrected chi connectivity index (χ0v) is 14.6. The van der Waals surface area contributed by atoms with Gasteiger partial charge in [0.25, 0.3) is 0 Å². The van der Waals surface area contributed by atoms with E-state index in [1.807, 2.05) is 0 Å². The van der Waals surface area contributed by atoms with Gasteiger partial charge >= 0.3 is 0 Å². The zero-order valence-electron chi connectivity index (χ0n) is 14.6. The van der Waals surface area contributed by atoms with Crippen LogP contribution in [0, 0.1) is 0 Å². The van der Waals surface area contributed by atoms with Gasteiger partial charge in [-0.05, 0) is 73.3 Å². The maximum Gasteiger partial charge on any atom is 0.119 e. The highest BCUT2D eigenvalue weighted by Gasteiger charge is 2.16. The Morgan fingerprint density at radius 3 is 1.76 bits per heavy atom. The third-order valence-corrected chi connectivity index (χ3v) is 4.45. The highest BCUT2D eigenvalue weighted by molar-refractivity contribution is 5.49. The van der Waals surface area contributed by atoms with E-state index in [-0.39, 0.29) is 0 Å². The van der Waals surface area contributed by atoms with Crippen molar-refractivity contribution in [1.29, 1.82) is 0 Å². The largest absolute Gasteiger partial charge is 0.508 e. The lowest BCUT2D eigenvalue weighted by Crippen LogP contribution is -2.06. The van der Waals surface area contributed by atoms with Crippen LogP contribution >= 0.6 is 0 Å². The number of aromatic hydroxyl groups is 1. The molecule has 1 nitrogen and oxygen atoms in total. The Balaban J connectivity index is 3.24. The second-order valence-corrected chi connectivity index (χ2v) is 6.15. The van der Waals surface area contributed by atoms with Crippen LogP contribution in [0.15, 0.2) is 6.07 Å². The summed E-state index contributed by atoms with van der Waals surface area (Å²) < 4.78 is 0. The number of hydrogen-bond acceptors (Lipinski definition) is 1. The zero-order chi connectivity index (χ0) is 15.7. The molecule has 0 radical (unpaired) electrons. The second kappa shape index (κ2) is 9.87. The summed E-state index contributed by atoms with van der Waals surface area (Å²) in [7, 11) is 0. The van der Waals surface area contributed by atoms with Crippen LogP contribution in [0.25, 0.3) is 0 Å². The number of hydrogen-bond donors (Lipinski definition) is 1. The molecular weight excluding hydrogens is 256 g/mol. The minimum absolute atomic E-state index is 0.537. The predicted octanol–water partition coefficient (Wildman–Crippen LogP) is 5.98. The summed E-state index contributed by atoms with van der Waals surface area (Å²) in [5, 5.41) is 10.4. The van der Waals surface area contributed by atoms with Crippen molar-refractivity contribution in [2.24, 2.45) is 0 Å². The van der Waals surface area contributed by atoms with E-state index in [2.05, 4.69) is 33.8 Å². The first-order chi connectivity index (χ1) is 10.2. The van der Waals surface area contributed by atoms with Crippen molar-refractivity contribution in [2.45, 2.75) is 91.9 Å². The Morgan fingerprint density at radius 1 is 0.714 bits per heavy atom. The van der Waals surface area contributed by atoms with Crippen molar-refractivity contribution in [3.8, 4) is 5.75 Å². The molecule has 0 bridgehead atoms. The number of aryl methyl sites for hydroxylation is 1. The normalized spacial score (nSPS) is 11.0. The fourth-order valence-corrected chi connectivity index (χ4v) is 3.17. The van der Waals surface area contributed by atoms with Gasteiger partial charge in [-0.25, -0.2) is 0 Å². The van der Waals surface area contributed by atoms with Crippen molar-refractivity contribution in [2.75, 3.05) is 0 Å². The van der Waals surface area contributed by atoms with Crippen molar-refractivity contribution >= 4 is 0 Å². The molecule has 0 unspecified atom stereocenters. The lowest BCUT2D eigenvalue weighted by molar-refractivity contribution is 0.465. The Morgan fingerprint density at radius 2 is 1.24 bits per heavy atom. The predicted molar refractivity (Wildman–Crippen MR) is 93.3 cm³/mol. The number of unbranched alkanes of at least 4 members (excludes halogenated alkanes) is 3. The summed E-state index contributed by atoms with van der Waals surface area (Å²) in [6, 6.07) is 2.06. The molecular formula is C20H34O. The van der Waals surface area contributed by atoms with Crippen LogP contribution in [-0.4, -0.2) is 5.11 Å². The fraction of sp³-hybridized carbons (Fsp3) is 0.700. The average molecular weight is 290 g/mol. The molecule has 1 aromatic carbocycles. The van der Waals surface area contributed by atoms with E-state index >= 15 is 0 Å². The van der Waals surface area contributed by atoms with Gasteiger partial charge < -0.3 is 5.11 Å². The summed E-state index contributed by atoms with van der Waals surface area (Å²) >= 11 is 0. The standard InChI is InChI=1S/C20H34O/c1-5-9-12-16-15-20(21)17(8-4)19(14-11-7-3)18(16)13-10-6-2/h15,21H,5-14H2,1-4H3. The van der Waals surface area contributed by atoms with Crippen LogP contribution < -0.4 is 0 Å². The van der Waals surface area contributed by atoms with Crippen molar-refractivity contribution < 1.29 is 5.11 Å². The molecule has 0 aliphatic carbocycles. The van der Waals surface area contributed by atoms with E-state index in [1.54, 1.807) is 5.56 Å². The van der Waals surface area contributed by atoms with Gasteiger partial charge in [-0.2, -0.15) is 0 Å². The number of phenolic OH excluding ortho intramolecular Hbond substituents is 1. The van der Waals surface area contributed by atoms with Gasteiger partial charge in [-0.1, -0.05) is 47.0 Å². The van der Waals surface area contributed by atoms with Crippen LogP contribution in [0.4, 0.5) is 0 Å². The van der Waals surface area contributed by atoms with Crippen molar-refractivity contribution in [3.63, 3.8) is 0 Å². The molecule has 0 saturated carbocycles. The van der Waals surface area contributed by atoms with Gasteiger partial charge in [0, 0.05) is 0 Å². The van der Waals surface area contributed by atoms with Crippen LogP contribution in [0.2, 0.25) is 0 Å². The Hall–Kier alpha value is -0.980. The molecule has 0 aromatic heterocycles. The van der Waals surface area contributed by atoms with Gasteiger partial charge in [0.1, 0.15) is 5.75 Å². The van der Waals surface area contributed by atoms with E-state index < -0.39 is 0 Å². The molecule has 1 aromatic rings. The first-order valence-corrected chi connectivity index (χ1v) is 9.04. The van der Waals surface area contributed by atoms with Gasteiger partial charge in [-0.3, -0.25) is 0 Å². The third kappa shape index (κ3) is 5.05. The molecule has 0 fully saturated rings. The van der Waals surface area contributed by atoms with Crippen LogP contribution in [0.1, 0.15) is 88.5 Å². The topological polar surface area (TPSA) is 20.2 Å². The first kappa shape index (κ1) is 18.1. The lowest BCUT2D eigenvalue weighted by Gasteiger charge is -2.20. The second-order valence-electron chi connectivity index (χ2n) is 6.15. The minimum atomic E-state index is 0.537. The Kier molecular flexibility index (Phi) is 8.49. The average Bonchev–Trinajstić information content (AvgIpc) is 2.49. The Bertz CT molecular complexity index is 420. The Labute approximate surface area is 131 Å². The van der Waals surface area contributed by atoms with Crippen LogP contribution in [0.5, 0.6) is 5.75 Å². The number of phenols is 1.